The Balaban J connectivity index is 3.30. The van der Waals surface area contributed by atoms with Crippen molar-refractivity contribution in [1.82, 2.24) is 4.90 Å². The van der Waals surface area contributed by atoms with Crippen LogP contribution in [0.3, 0.4) is 0 Å². The molecule has 104 valence electrons. The largest absolute Gasteiger partial charge is 0.345 e. The molecule has 5 nitrogen and oxygen atoms in total. The first-order chi connectivity index (χ1) is 8.74. The number of benzene rings is 1. The van der Waals surface area contributed by atoms with Gasteiger partial charge in [-0.2, -0.15) is 0 Å². The van der Waals surface area contributed by atoms with Gasteiger partial charge in [0.05, 0.1) is 6.26 Å². The van der Waals surface area contributed by atoms with Crippen LogP contribution in [0.5, 0.6) is 0 Å². The number of nitrogens with one attached hydrogen (secondary N) is 1. The lowest BCUT2D eigenvalue weighted by molar-refractivity contribution is 0.0827. The minimum atomic E-state index is -3.36. The third-order valence-electron chi connectivity index (χ3n) is 2.34. The number of carbonyl (C=O) groups is 1. The summed E-state index contributed by atoms with van der Waals surface area (Å²) in [6.45, 7) is 1.85. The Morgan fingerprint density at radius 2 is 1.95 bits per heavy atom. The highest BCUT2D eigenvalue weighted by atomic mass is 32.2. The number of sulfonamides is 1. The van der Waals surface area contributed by atoms with Gasteiger partial charge in [-0.15, -0.1) is 0 Å². The summed E-state index contributed by atoms with van der Waals surface area (Å²) < 4.78 is 24.8. The van der Waals surface area contributed by atoms with Crippen LogP contribution in [0, 0.1) is 0 Å². The summed E-state index contributed by atoms with van der Waals surface area (Å²) in [5.41, 5.74) is 1.58. The number of hydrogen-bond acceptors (Lipinski definition) is 3. The van der Waals surface area contributed by atoms with Crippen molar-refractivity contribution in [3.05, 3.63) is 35.4 Å². The van der Waals surface area contributed by atoms with Crippen LogP contribution in [-0.4, -0.2) is 39.6 Å². The predicted molar refractivity (Wildman–Crippen MR) is 77.6 cm³/mol. The third kappa shape index (κ3) is 4.40. The highest BCUT2D eigenvalue weighted by Gasteiger charge is 2.13. The molecule has 0 aliphatic rings. The maximum atomic E-state index is 12.1. The molecule has 0 saturated heterocycles. The zero-order valence-corrected chi connectivity index (χ0v) is 12.3. The number of anilines is 1. The van der Waals surface area contributed by atoms with E-state index in [4.69, 9.17) is 0 Å². The molecular weight excluding hydrogens is 264 g/mol. The fraction of sp³-hybridized carbons (Fsp3) is 0.308. The fourth-order valence-corrected chi connectivity index (χ4v) is 2.14. The molecule has 0 aromatic heterocycles. The highest BCUT2D eigenvalue weighted by Crippen LogP contribution is 2.19. The number of allylic oxidation sites excluding steroid dienone is 1. The van der Waals surface area contributed by atoms with Crippen molar-refractivity contribution in [3.8, 4) is 0 Å². The van der Waals surface area contributed by atoms with Crippen LogP contribution in [0.2, 0.25) is 0 Å². The Hall–Kier alpha value is -1.82. The second-order valence-electron chi connectivity index (χ2n) is 4.38. The molecule has 0 unspecified atom stereocenters. The summed E-state index contributed by atoms with van der Waals surface area (Å²) in [6, 6.07) is 4.88. The van der Waals surface area contributed by atoms with Crippen LogP contribution in [0.1, 0.15) is 22.8 Å². The van der Waals surface area contributed by atoms with Gasteiger partial charge in [-0.25, -0.2) is 8.42 Å². The van der Waals surface area contributed by atoms with E-state index in [-0.39, 0.29) is 5.91 Å². The van der Waals surface area contributed by atoms with Gasteiger partial charge in [0.2, 0.25) is 10.0 Å². The molecule has 0 fully saturated rings. The van der Waals surface area contributed by atoms with Gasteiger partial charge < -0.3 is 4.90 Å². The van der Waals surface area contributed by atoms with Gasteiger partial charge in [0.1, 0.15) is 0 Å². The van der Waals surface area contributed by atoms with Crippen LogP contribution >= 0.6 is 0 Å². The quantitative estimate of drug-likeness (QED) is 0.915. The van der Waals surface area contributed by atoms with Crippen molar-refractivity contribution in [2.75, 3.05) is 25.1 Å². The summed E-state index contributed by atoms with van der Waals surface area (Å²) in [5, 5.41) is 0. The molecule has 0 aliphatic heterocycles. The van der Waals surface area contributed by atoms with Gasteiger partial charge in [-0.3, -0.25) is 9.52 Å². The highest BCUT2D eigenvalue weighted by molar-refractivity contribution is 7.92. The molecule has 0 radical (unpaired) electrons. The van der Waals surface area contributed by atoms with E-state index in [9.17, 15) is 13.2 Å². The smallest absolute Gasteiger partial charge is 0.254 e. The standard InChI is InChI=1S/C13H18N2O3S/c1-5-6-10-7-8-11(14-19(4,17)18)9-12(10)13(16)15(2)3/h5-9,14H,1-4H3. The van der Waals surface area contributed by atoms with Crippen molar-refractivity contribution in [3.63, 3.8) is 0 Å². The summed E-state index contributed by atoms with van der Waals surface area (Å²) in [5.74, 6) is -0.176. The lowest BCUT2D eigenvalue weighted by Crippen LogP contribution is -2.23. The first-order valence-corrected chi connectivity index (χ1v) is 7.60. The number of rotatable bonds is 4. The topological polar surface area (TPSA) is 66.5 Å². The zero-order valence-electron chi connectivity index (χ0n) is 11.5. The van der Waals surface area contributed by atoms with Gasteiger partial charge in [-0.1, -0.05) is 18.2 Å². The molecule has 1 rings (SSSR count). The molecule has 0 atom stereocenters. The Bertz CT molecular complexity index is 604. The minimum Gasteiger partial charge on any atom is -0.345 e. The van der Waals surface area contributed by atoms with Gasteiger partial charge in [0, 0.05) is 25.3 Å². The van der Waals surface area contributed by atoms with Crippen molar-refractivity contribution >= 4 is 27.7 Å². The lowest BCUT2D eigenvalue weighted by atomic mass is 10.0. The summed E-state index contributed by atoms with van der Waals surface area (Å²) >= 11 is 0. The van der Waals surface area contributed by atoms with Gasteiger partial charge in [0.25, 0.3) is 5.91 Å². The number of amides is 1. The predicted octanol–water partition coefficient (Wildman–Crippen LogP) is 1.79. The molecule has 0 aliphatic carbocycles. The molecule has 1 aromatic rings. The molecule has 0 heterocycles. The van der Waals surface area contributed by atoms with Gasteiger partial charge >= 0.3 is 0 Å². The molecule has 1 N–H and O–H groups in total. The molecule has 0 bridgehead atoms. The summed E-state index contributed by atoms with van der Waals surface area (Å²) in [6.07, 6.45) is 4.70. The molecule has 6 heteroatoms. The van der Waals surface area contributed by atoms with E-state index in [2.05, 4.69) is 4.72 Å². The van der Waals surface area contributed by atoms with Crippen LogP contribution in [-0.2, 0) is 10.0 Å². The number of nitrogens with zero attached hydrogens (tertiary/aromatic N) is 1. The Morgan fingerprint density at radius 3 is 2.42 bits per heavy atom. The van der Waals surface area contributed by atoms with Crippen LogP contribution in [0.25, 0.3) is 6.08 Å². The van der Waals surface area contributed by atoms with E-state index >= 15 is 0 Å². The van der Waals surface area contributed by atoms with E-state index in [0.29, 0.717) is 11.3 Å². The monoisotopic (exact) mass is 282 g/mol. The maximum Gasteiger partial charge on any atom is 0.254 e. The van der Waals surface area contributed by atoms with Crippen LogP contribution in [0.4, 0.5) is 5.69 Å². The molecule has 1 amide bonds. The van der Waals surface area contributed by atoms with Crippen molar-refractivity contribution in [2.45, 2.75) is 6.92 Å². The second kappa shape index (κ2) is 5.88. The van der Waals surface area contributed by atoms with E-state index in [1.165, 1.54) is 4.90 Å². The molecule has 19 heavy (non-hydrogen) atoms. The molecular formula is C13H18N2O3S. The number of carbonyl (C=O) groups excluding carboxylic acids is 1. The van der Waals surface area contributed by atoms with Gasteiger partial charge in [-0.05, 0) is 24.6 Å². The Morgan fingerprint density at radius 1 is 1.32 bits per heavy atom. The van der Waals surface area contributed by atoms with E-state index in [0.717, 1.165) is 11.8 Å². The SMILES string of the molecule is CC=Cc1ccc(NS(C)(=O)=O)cc1C(=O)N(C)C. The van der Waals surface area contributed by atoms with Gasteiger partial charge in [0.15, 0.2) is 0 Å². The average Bonchev–Trinajstić information content (AvgIpc) is 2.28. The normalized spacial score (nSPS) is 11.6. The van der Waals surface area contributed by atoms with Crippen molar-refractivity contribution in [2.24, 2.45) is 0 Å². The number of hydrogen-bond donors (Lipinski definition) is 1. The Labute approximate surface area is 114 Å². The first kappa shape index (κ1) is 15.2. The van der Waals surface area contributed by atoms with Crippen molar-refractivity contribution < 1.29 is 13.2 Å². The third-order valence-corrected chi connectivity index (χ3v) is 2.95. The van der Waals surface area contributed by atoms with E-state index in [1.807, 2.05) is 13.0 Å². The molecule has 0 saturated carbocycles. The van der Waals surface area contributed by atoms with E-state index < -0.39 is 10.0 Å². The van der Waals surface area contributed by atoms with E-state index in [1.54, 1.807) is 38.4 Å². The first-order valence-electron chi connectivity index (χ1n) is 5.71. The molecule has 0 spiro atoms. The average molecular weight is 282 g/mol. The minimum absolute atomic E-state index is 0.176. The summed E-state index contributed by atoms with van der Waals surface area (Å²) in [4.78, 5) is 13.5. The summed E-state index contributed by atoms with van der Waals surface area (Å²) in [7, 11) is -0.0555. The molecule has 1 aromatic carbocycles. The van der Waals surface area contributed by atoms with Crippen LogP contribution < -0.4 is 4.72 Å². The zero-order chi connectivity index (χ0) is 14.6. The van der Waals surface area contributed by atoms with Crippen molar-refractivity contribution in [1.29, 1.82) is 0 Å². The fourth-order valence-electron chi connectivity index (χ4n) is 1.58. The second-order valence-corrected chi connectivity index (χ2v) is 6.12. The Kier molecular flexibility index (Phi) is 4.72. The maximum absolute atomic E-state index is 12.1. The lowest BCUT2D eigenvalue weighted by Gasteiger charge is -2.14. The van der Waals surface area contributed by atoms with Crippen LogP contribution in [0.15, 0.2) is 24.3 Å².